The molecular weight excluding hydrogens is 289 g/mol. The van der Waals surface area contributed by atoms with Gasteiger partial charge in [-0.1, -0.05) is 0 Å². The van der Waals surface area contributed by atoms with E-state index in [1.54, 1.807) is 0 Å². The first kappa shape index (κ1) is 16.1. The largest absolute Gasteiger partial charge is 0.494 e. The molecule has 20 heavy (non-hydrogen) atoms. The van der Waals surface area contributed by atoms with Crippen LogP contribution in [0.3, 0.4) is 0 Å². The number of alkyl halides is 5. The number of carbonyl (C=O) groups is 1. The summed E-state index contributed by atoms with van der Waals surface area (Å²) >= 11 is 0. The molecular formula is C11H10F5NO3. The summed E-state index contributed by atoms with van der Waals surface area (Å²) in [6.07, 6.45) is -8.82. The zero-order valence-electron chi connectivity index (χ0n) is 10.4. The maximum atomic E-state index is 12.8. The topological polar surface area (TPSA) is 48.4 Å². The molecule has 0 radical (unpaired) electrons. The Balaban J connectivity index is 3.45. The van der Waals surface area contributed by atoms with Gasteiger partial charge in [-0.2, -0.15) is 13.2 Å². The van der Waals surface area contributed by atoms with Crippen molar-refractivity contribution in [3.63, 3.8) is 0 Å². The molecule has 0 aliphatic carbocycles. The molecule has 1 aromatic rings. The summed E-state index contributed by atoms with van der Waals surface area (Å²) in [5, 5.41) is 0. The van der Waals surface area contributed by atoms with Gasteiger partial charge >= 0.3 is 12.1 Å². The highest BCUT2D eigenvalue weighted by Gasteiger charge is 2.36. The number of hydrogen-bond donors (Lipinski definition) is 0. The van der Waals surface area contributed by atoms with Crippen molar-refractivity contribution in [1.29, 1.82) is 0 Å². The fourth-order valence-electron chi connectivity index (χ4n) is 1.48. The SMILES string of the molecule is COC(=O)Cc1nc(C(F)(F)F)cc(C(F)F)c1OC. The second-order valence-electron chi connectivity index (χ2n) is 3.63. The smallest absolute Gasteiger partial charge is 0.433 e. The predicted molar refractivity (Wildman–Crippen MR) is 56.5 cm³/mol. The lowest BCUT2D eigenvalue weighted by molar-refractivity contribution is -0.143. The molecule has 0 bridgehead atoms. The third kappa shape index (κ3) is 3.55. The van der Waals surface area contributed by atoms with E-state index in [-0.39, 0.29) is 6.07 Å². The molecule has 0 saturated heterocycles. The van der Waals surface area contributed by atoms with Gasteiger partial charge in [-0.15, -0.1) is 0 Å². The summed E-state index contributed by atoms with van der Waals surface area (Å²) in [6.45, 7) is 0. The molecule has 0 aliphatic heterocycles. The number of aromatic nitrogens is 1. The van der Waals surface area contributed by atoms with Crippen molar-refractivity contribution in [2.75, 3.05) is 14.2 Å². The molecule has 1 aromatic heterocycles. The molecule has 1 rings (SSSR count). The second kappa shape index (κ2) is 6.02. The normalized spacial score (nSPS) is 11.6. The van der Waals surface area contributed by atoms with E-state index in [0.717, 1.165) is 14.2 Å². The van der Waals surface area contributed by atoms with E-state index in [0.29, 0.717) is 0 Å². The first-order valence-corrected chi connectivity index (χ1v) is 5.20. The van der Waals surface area contributed by atoms with Gasteiger partial charge in [0.05, 0.1) is 31.9 Å². The lowest BCUT2D eigenvalue weighted by Crippen LogP contribution is -2.15. The quantitative estimate of drug-likeness (QED) is 0.633. The number of pyridine rings is 1. The Bertz CT molecular complexity index is 502. The van der Waals surface area contributed by atoms with Crippen LogP contribution in [0.25, 0.3) is 0 Å². The molecule has 0 spiro atoms. The Labute approximate surface area is 110 Å². The Morgan fingerprint density at radius 1 is 1.35 bits per heavy atom. The number of carbonyl (C=O) groups excluding carboxylic acids is 1. The van der Waals surface area contributed by atoms with Crippen LogP contribution in [-0.2, 0) is 22.1 Å². The van der Waals surface area contributed by atoms with Gasteiger partial charge in [-0.05, 0) is 6.07 Å². The van der Waals surface area contributed by atoms with Gasteiger partial charge in [-0.3, -0.25) is 4.79 Å². The highest BCUT2D eigenvalue weighted by Crippen LogP contribution is 2.37. The van der Waals surface area contributed by atoms with Crippen molar-refractivity contribution in [3.8, 4) is 5.75 Å². The zero-order valence-corrected chi connectivity index (χ0v) is 10.4. The van der Waals surface area contributed by atoms with Gasteiger partial charge in [0.1, 0.15) is 11.4 Å². The molecule has 9 heteroatoms. The van der Waals surface area contributed by atoms with E-state index in [9.17, 15) is 26.7 Å². The first-order chi connectivity index (χ1) is 9.20. The third-order valence-electron chi connectivity index (χ3n) is 2.34. The fraction of sp³-hybridized carbons (Fsp3) is 0.455. The van der Waals surface area contributed by atoms with Crippen LogP contribution in [0.5, 0.6) is 5.75 Å². The summed E-state index contributed by atoms with van der Waals surface area (Å²) in [7, 11) is 2.01. The van der Waals surface area contributed by atoms with Crippen molar-refractivity contribution >= 4 is 5.97 Å². The summed E-state index contributed by atoms with van der Waals surface area (Å²) in [6, 6.07) is 0.199. The highest BCUT2D eigenvalue weighted by molar-refractivity contribution is 5.73. The predicted octanol–water partition coefficient (Wildman–Crippen LogP) is 2.76. The average Bonchev–Trinajstić information content (AvgIpc) is 2.36. The highest BCUT2D eigenvalue weighted by atomic mass is 19.4. The number of methoxy groups -OCH3 is 2. The van der Waals surface area contributed by atoms with E-state index in [1.807, 2.05) is 0 Å². The number of nitrogens with zero attached hydrogens (tertiary/aromatic N) is 1. The summed E-state index contributed by atoms with van der Waals surface area (Å²) in [5.74, 6) is -1.48. The zero-order chi connectivity index (χ0) is 15.5. The Morgan fingerprint density at radius 2 is 1.95 bits per heavy atom. The van der Waals surface area contributed by atoms with Crippen molar-refractivity contribution < 1.29 is 36.2 Å². The minimum absolute atomic E-state index is 0.199. The van der Waals surface area contributed by atoms with Crippen LogP contribution < -0.4 is 4.74 Å². The van der Waals surface area contributed by atoms with Gasteiger partial charge < -0.3 is 9.47 Å². The monoisotopic (exact) mass is 299 g/mol. The molecule has 0 fully saturated rings. The molecule has 0 amide bonds. The van der Waals surface area contributed by atoms with Crippen LogP contribution in [-0.4, -0.2) is 25.2 Å². The number of hydrogen-bond acceptors (Lipinski definition) is 4. The van der Waals surface area contributed by atoms with Crippen molar-refractivity contribution in [2.45, 2.75) is 19.0 Å². The van der Waals surface area contributed by atoms with E-state index in [1.165, 1.54) is 0 Å². The van der Waals surface area contributed by atoms with Gasteiger partial charge in [-0.25, -0.2) is 13.8 Å². The second-order valence-corrected chi connectivity index (χ2v) is 3.63. The van der Waals surface area contributed by atoms with Gasteiger partial charge in [0, 0.05) is 0 Å². The van der Waals surface area contributed by atoms with Crippen molar-refractivity contribution in [2.24, 2.45) is 0 Å². The van der Waals surface area contributed by atoms with Crippen LogP contribution >= 0.6 is 0 Å². The van der Waals surface area contributed by atoms with Crippen LogP contribution in [0.4, 0.5) is 22.0 Å². The summed E-state index contributed by atoms with van der Waals surface area (Å²) in [4.78, 5) is 14.3. The first-order valence-electron chi connectivity index (χ1n) is 5.20. The lowest BCUT2D eigenvalue weighted by Gasteiger charge is -2.15. The number of esters is 1. The molecule has 0 N–H and O–H groups in total. The molecule has 0 aromatic carbocycles. The van der Waals surface area contributed by atoms with Gasteiger partial charge in [0.2, 0.25) is 0 Å². The molecule has 112 valence electrons. The van der Waals surface area contributed by atoms with E-state index in [4.69, 9.17) is 0 Å². The van der Waals surface area contributed by atoms with Crippen LogP contribution in [0.2, 0.25) is 0 Å². The van der Waals surface area contributed by atoms with E-state index >= 15 is 0 Å². The average molecular weight is 299 g/mol. The third-order valence-corrected chi connectivity index (χ3v) is 2.34. The number of ether oxygens (including phenoxy) is 2. The molecule has 0 unspecified atom stereocenters. The number of halogens is 5. The lowest BCUT2D eigenvalue weighted by atomic mass is 10.1. The molecule has 1 heterocycles. The van der Waals surface area contributed by atoms with Gasteiger partial charge in [0.15, 0.2) is 0 Å². The Hall–Kier alpha value is -1.93. The molecule has 0 saturated carbocycles. The fourth-order valence-corrected chi connectivity index (χ4v) is 1.48. The summed E-state index contributed by atoms with van der Waals surface area (Å²) in [5.41, 5.74) is -3.05. The van der Waals surface area contributed by atoms with E-state index < -0.39 is 47.7 Å². The van der Waals surface area contributed by atoms with E-state index in [2.05, 4.69) is 14.5 Å². The van der Waals surface area contributed by atoms with Crippen LogP contribution in [0.1, 0.15) is 23.4 Å². The maximum Gasteiger partial charge on any atom is 0.433 e. The Kier molecular flexibility index (Phi) is 4.85. The summed E-state index contributed by atoms with van der Waals surface area (Å²) < 4.78 is 72.3. The van der Waals surface area contributed by atoms with Crippen molar-refractivity contribution in [1.82, 2.24) is 4.98 Å². The molecule has 0 atom stereocenters. The molecule has 4 nitrogen and oxygen atoms in total. The minimum atomic E-state index is -4.92. The number of rotatable bonds is 4. The Morgan fingerprint density at radius 3 is 2.35 bits per heavy atom. The maximum absolute atomic E-state index is 12.8. The van der Waals surface area contributed by atoms with Crippen LogP contribution in [0.15, 0.2) is 6.07 Å². The standard InChI is InChI=1S/C11H10F5NO3/c1-19-8(18)4-6-9(20-2)5(10(12)13)3-7(17-6)11(14,15)16/h3,10H,4H2,1-2H3. The molecule has 0 aliphatic rings. The van der Waals surface area contributed by atoms with Crippen molar-refractivity contribution in [3.05, 3.63) is 23.0 Å². The van der Waals surface area contributed by atoms with Gasteiger partial charge in [0.25, 0.3) is 6.43 Å². The minimum Gasteiger partial charge on any atom is -0.494 e. The van der Waals surface area contributed by atoms with Crippen LogP contribution in [0, 0.1) is 0 Å².